The number of rotatable bonds is 9. The summed E-state index contributed by atoms with van der Waals surface area (Å²) >= 11 is 3.69. The van der Waals surface area contributed by atoms with Gasteiger partial charge in [0, 0.05) is 12.0 Å². The first-order valence-corrected chi connectivity index (χ1v) is 21.0. The van der Waals surface area contributed by atoms with Crippen LogP contribution in [0.15, 0.2) is 46.9 Å². The molecule has 0 radical (unpaired) electrons. The summed E-state index contributed by atoms with van der Waals surface area (Å²) in [6.45, 7) is 25.6. The standard InChI is InChI=1S/C32H51BrO5Si2/c1-22-30(38-40(11,12)32(5,6)7)29(37-39(9,10)31(2,3)4)20-27(36-22)24-18-28(25(33)19-26(24)34-8)35-21-23-16-14-13-15-17-23/h13-19,22,27,29-30H,20-21H2,1-12H3/t22-,27-,29-,30-/m1/s1. The Balaban J connectivity index is 1.97. The van der Waals surface area contributed by atoms with Crippen molar-refractivity contribution in [1.29, 1.82) is 0 Å². The summed E-state index contributed by atoms with van der Waals surface area (Å²) in [4.78, 5) is 0. The second-order valence-electron chi connectivity index (χ2n) is 14.1. The van der Waals surface area contributed by atoms with Crippen LogP contribution in [-0.2, 0) is 20.2 Å². The lowest BCUT2D eigenvalue weighted by atomic mass is 9.94. The van der Waals surface area contributed by atoms with Crippen LogP contribution >= 0.6 is 15.9 Å². The fraction of sp³-hybridized carbons (Fsp3) is 0.625. The van der Waals surface area contributed by atoms with Crippen molar-refractivity contribution in [3.8, 4) is 11.5 Å². The summed E-state index contributed by atoms with van der Waals surface area (Å²) in [5.41, 5.74) is 2.08. The Morgan fingerprint density at radius 1 is 0.875 bits per heavy atom. The zero-order valence-electron chi connectivity index (χ0n) is 26.7. The lowest BCUT2D eigenvalue weighted by Gasteiger charge is -2.50. The van der Waals surface area contributed by atoms with Crippen LogP contribution in [0.2, 0.25) is 36.3 Å². The predicted octanol–water partition coefficient (Wildman–Crippen LogP) is 9.67. The van der Waals surface area contributed by atoms with Gasteiger partial charge in [0.25, 0.3) is 0 Å². The quantitative estimate of drug-likeness (QED) is 0.253. The molecule has 4 atom stereocenters. The Bertz CT molecular complexity index is 1120. The predicted molar refractivity (Wildman–Crippen MR) is 174 cm³/mol. The SMILES string of the molecule is COc1cc(Br)c(OCc2ccccc2)cc1[C@H]1C[C@@H](O[Si](C)(C)C(C)(C)C)[C@H](O[Si](C)(C)C(C)(C)C)[C@@H](C)O1. The zero-order chi connectivity index (χ0) is 30.1. The molecule has 1 saturated heterocycles. The van der Waals surface area contributed by atoms with Crippen LogP contribution in [0.1, 0.15) is 72.1 Å². The molecule has 1 fully saturated rings. The smallest absolute Gasteiger partial charge is 0.192 e. The summed E-state index contributed by atoms with van der Waals surface area (Å²) in [6, 6.07) is 14.2. The van der Waals surface area contributed by atoms with E-state index >= 15 is 0 Å². The van der Waals surface area contributed by atoms with Gasteiger partial charge in [-0.3, -0.25) is 0 Å². The van der Waals surface area contributed by atoms with Gasteiger partial charge in [0.05, 0.1) is 36.0 Å². The topological polar surface area (TPSA) is 46.2 Å². The van der Waals surface area contributed by atoms with Crippen molar-refractivity contribution in [1.82, 2.24) is 0 Å². The van der Waals surface area contributed by atoms with E-state index in [1.807, 2.05) is 24.3 Å². The molecule has 2 aromatic carbocycles. The molecule has 0 saturated carbocycles. The number of halogens is 1. The molecule has 40 heavy (non-hydrogen) atoms. The molecule has 0 aliphatic carbocycles. The Kier molecular flexibility index (Phi) is 10.5. The van der Waals surface area contributed by atoms with E-state index in [0.717, 1.165) is 27.1 Å². The summed E-state index contributed by atoms with van der Waals surface area (Å²) in [7, 11) is -2.46. The lowest BCUT2D eigenvalue weighted by molar-refractivity contribution is -0.154. The summed E-state index contributed by atoms with van der Waals surface area (Å²) < 4.78 is 33.9. The first kappa shape index (κ1) is 33.3. The highest BCUT2D eigenvalue weighted by molar-refractivity contribution is 9.10. The number of benzene rings is 2. The van der Waals surface area contributed by atoms with Crippen LogP contribution in [0.3, 0.4) is 0 Å². The molecule has 0 unspecified atom stereocenters. The van der Waals surface area contributed by atoms with Crippen molar-refractivity contribution in [3.05, 3.63) is 58.1 Å². The minimum absolute atomic E-state index is 0.0827. The van der Waals surface area contributed by atoms with E-state index in [1.165, 1.54) is 0 Å². The van der Waals surface area contributed by atoms with Crippen LogP contribution in [0.4, 0.5) is 0 Å². The molecule has 0 amide bonds. The van der Waals surface area contributed by atoms with E-state index in [9.17, 15) is 0 Å². The second kappa shape index (κ2) is 12.6. The molecule has 1 heterocycles. The van der Waals surface area contributed by atoms with Gasteiger partial charge in [-0.25, -0.2) is 0 Å². The number of methoxy groups -OCH3 is 1. The van der Waals surface area contributed by atoms with Crippen molar-refractivity contribution in [2.24, 2.45) is 0 Å². The van der Waals surface area contributed by atoms with Gasteiger partial charge >= 0.3 is 0 Å². The van der Waals surface area contributed by atoms with Crippen molar-refractivity contribution in [2.45, 2.75) is 122 Å². The zero-order valence-corrected chi connectivity index (χ0v) is 30.3. The highest BCUT2D eigenvalue weighted by atomic mass is 79.9. The second-order valence-corrected chi connectivity index (χ2v) is 24.5. The molecule has 0 N–H and O–H groups in total. The molecular weight excluding hydrogens is 600 g/mol. The molecule has 0 bridgehead atoms. The van der Waals surface area contributed by atoms with E-state index in [-0.39, 0.29) is 34.5 Å². The van der Waals surface area contributed by atoms with E-state index in [0.29, 0.717) is 13.0 Å². The number of hydrogen-bond acceptors (Lipinski definition) is 5. The third-order valence-corrected chi connectivity index (χ3v) is 18.6. The van der Waals surface area contributed by atoms with Gasteiger partial charge in [-0.05, 0) is 76.8 Å². The minimum Gasteiger partial charge on any atom is -0.496 e. The maximum atomic E-state index is 7.14. The van der Waals surface area contributed by atoms with Crippen LogP contribution in [0, 0.1) is 0 Å². The number of hydrogen-bond donors (Lipinski definition) is 0. The van der Waals surface area contributed by atoms with E-state index in [4.69, 9.17) is 23.1 Å². The fourth-order valence-electron chi connectivity index (χ4n) is 4.42. The summed E-state index contributed by atoms with van der Waals surface area (Å²) in [5, 5.41) is 0.171. The molecule has 8 heteroatoms. The van der Waals surface area contributed by atoms with E-state index in [2.05, 4.69) is 109 Å². The fourth-order valence-corrected chi connectivity index (χ4v) is 7.58. The first-order valence-electron chi connectivity index (χ1n) is 14.4. The van der Waals surface area contributed by atoms with Crippen molar-refractivity contribution < 1.29 is 23.1 Å². The lowest BCUT2D eigenvalue weighted by Crippen LogP contribution is -2.57. The van der Waals surface area contributed by atoms with Gasteiger partial charge in [0.1, 0.15) is 18.1 Å². The average molecular weight is 652 g/mol. The van der Waals surface area contributed by atoms with Crippen molar-refractivity contribution in [3.63, 3.8) is 0 Å². The Morgan fingerprint density at radius 3 is 2.00 bits per heavy atom. The molecule has 1 aliphatic rings. The minimum atomic E-state index is -2.09. The average Bonchev–Trinajstić information content (AvgIpc) is 2.84. The molecule has 2 aromatic rings. The Hall–Kier alpha value is -1.17. The van der Waals surface area contributed by atoms with Gasteiger partial charge in [0.15, 0.2) is 16.6 Å². The molecular formula is C32H51BrO5Si2. The van der Waals surface area contributed by atoms with Crippen molar-refractivity contribution >= 4 is 32.6 Å². The summed E-state index contributed by atoms with van der Waals surface area (Å²) in [6.07, 6.45) is 0.0925. The maximum absolute atomic E-state index is 7.14. The normalized spacial score (nSPS) is 22.7. The highest BCUT2D eigenvalue weighted by Gasteiger charge is 2.49. The summed E-state index contributed by atoms with van der Waals surface area (Å²) in [5.74, 6) is 1.53. The third-order valence-electron chi connectivity index (χ3n) is 9.01. The van der Waals surface area contributed by atoms with Gasteiger partial charge < -0.3 is 23.1 Å². The Morgan fingerprint density at radius 2 is 1.45 bits per heavy atom. The van der Waals surface area contributed by atoms with Crippen LogP contribution in [0.25, 0.3) is 0 Å². The third kappa shape index (κ3) is 7.81. The van der Waals surface area contributed by atoms with Crippen LogP contribution in [0.5, 0.6) is 11.5 Å². The maximum Gasteiger partial charge on any atom is 0.192 e. The van der Waals surface area contributed by atoms with E-state index in [1.54, 1.807) is 7.11 Å². The molecule has 3 rings (SSSR count). The Labute approximate surface area is 253 Å². The van der Waals surface area contributed by atoms with Crippen molar-refractivity contribution in [2.75, 3.05) is 7.11 Å². The monoisotopic (exact) mass is 650 g/mol. The number of ether oxygens (including phenoxy) is 3. The van der Waals surface area contributed by atoms with Gasteiger partial charge in [0.2, 0.25) is 0 Å². The van der Waals surface area contributed by atoms with Crippen LogP contribution in [-0.4, -0.2) is 42.1 Å². The molecule has 1 aliphatic heterocycles. The van der Waals surface area contributed by atoms with Crippen LogP contribution < -0.4 is 9.47 Å². The molecule has 5 nitrogen and oxygen atoms in total. The van der Waals surface area contributed by atoms with Gasteiger partial charge in [-0.2, -0.15) is 0 Å². The van der Waals surface area contributed by atoms with Gasteiger partial charge in [-0.1, -0.05) is 71.9 Å². The molecule has 0 aromatic heterocycles. The van der Waals surface area contributed by atoms with Gasteiger partial charge in [-0.15, -0.1) is 0 Å². The highest BCUT2D eigenvalue weighted by Crippen LogP contribution is 2.47. The molecule has 0 spiro atoms. The van der Waals surface area contributed by atoms with E-state index < -0.39 is 16.6 Å². The molecule has 224 valence electrons. The largest absolute Gasteiger partial charge is 0.496 e. The first-order chi connectivity index (χ1) is 18.4.